The number of nitrogens with two attached hydrogens (primary N) is 1. The largest absolute Gasteiger partial charge is 0.323 e. The van der Waals surface area contributed by atoms with Crippen LogP contribution in [0.25, 0.3) is 11.1 Å². The van der Waals surface area contributed by atoms with Crippen molar-refractivity contribution in [2.75, 3.05) is 11.4 Å². The van der Waals surface area contributed by atoms with Crippen LogP contribution in [0.5, 0.6) is 0 Å². The number of nitrogens with zero attached hydrogens (tertiary/aromatic N) is 2. The zero-order valence-corrected chi connectivity index (χ0v) is 20.7. The molecule has 3 rings (SSSR count). The molecule has 0 heterocycles. The zero-order valence-electron chi connectivity index (χ0n) is 20.7. The lowest BCUT2D eigenvalue weighted by Crippen LogP contribution is -2.43. The molecule has 1 unspecified atom stereocenters. The third-order valence-corrected chi connectivity index (χ3v) is 6.42. The van der Waals surface area contributed by atoms with E-state index in [9.17, 15) is 9.18 Å². The Hall–Kier alpha value is -3.31. The third kappa shape index (κ3) is 7.33. The molecule has 1 saturated carbocycles. The maximum atomic E-state index is 13.5. The van der Waals surface area contributed by atoms with Gasteiger partial charge in [0.25, 0.3) is 0 Å². The molecule has 2 aromatic carbocycles. The van der Waals surface area contributed by atoms with Gasteiger partial charge in [-0.1, -0.05) is 68.8 Å². The number of rotatable bonds is 12. The minimum absolute atomic E-state index is 0.0464. The summed E-state index contributed by atoms with van der Waals surface area (Å²) in [5.74, 6) is -0.00244. The molecule has 2 N–H and O–H groups in total. The fourth-order valence-corrected chi connectivity index (χ4v) is 4.06. The maximum absolute atomic E-state index is 13.5. The van der Waals surface area contributed by atoms with Gasteiger partial charge in [0.1, 0.15) is 0 Å². The highest BCUT2D eigenvalue weighted by Gasteiger charge is 2.44. The van der Waals surface area contributed by atoms with E-state index in [-0.39, 0.29) is 23.8 Å². The van der Waals surface area contributed by atoms with Crippen LogP contribution in [0, 0.1) is 11.8 Å². The van der Waals surface area contributed by atoms with Crippen molar-refractivity contribution >= 4 is 17.8 Å². The summed E-state index contributed by atoms with van der Waals surface area (Å²) in [7, 11) is 0. The highest BCUT2D eigenvalue weighted by Crippen LogP contribution is 2.40. The van der Waals surface area contributed by atoms with E-state index in [4.69, 9.17) is 5.73 Å². The normalized spacial score (nSPS) is 18.4. The maximum Gasteiger partial charge on any atom is 0.230 e. The molecule has 0 radical (unpaired) electrons. The molecule has 2 aromatic rings. The lowest BCUT2D eigenvalue weighted by molar-refractivity contribution is -0.120. The second-order valence-corrected chi connectivity index (χ2v) is 9.03. The van der Waals surface area contributed by atoms with Gasteiger partial charge in [-0.15, -0.1) is 0 Å². The van der Waals surface area contributed by atoms with Crippen molar-refractivity contribution in [3.05, 3.63) is 90.9 Å². The Morgan fingerprint density at radius 2 is 1.80 bits per heavy atom. The number of carbonyl (C=O) groups is 1. The van der Waals surface area contributed by atoms with Gasteiger partial charge >= 0.3 is 0 Å². The van der Waals surface area contributed by atoms with E-state index >= 15 is 0 Å². The number of allylic oxidation sites excluding steroid dienone is 2. The van der Waals surface area contributed by atoms with Crippen LogP contribution in [-0.2, 0) is 11.2 Å². The number of halogens is 1. The Morgan fingerprint density at radius 3 is 2.40 bits per heavy atom. The number of anilines is 1. The van der Waals surface area contributed by atoms with Gasteiger partial charge in [0, 0.05) is 42.5 Å². The van der Waals surface area contributed by atoms with Gasteiger partial charge < -0.3 is 10.6 Å². The van der Waals surface area contributed by atoms with Crippen LogP contribution in [0.4, 0.5) is 10.1 Å². The van der Waals surface area contributed by atoms with E-state index in [0.29, 0.717) is 12.9 Å². The molecule has 0 aliphatic heterocycles. The summed E-state index contributed by atoms with van der Waals surface area (Å²) in [5, 5.41) is 0. The van der Waals surface area contributed by atoms with Crippen molar-refractivity contribution in [3.63, 3.8) is 0 Å². The fraction of sp³-hybridized carbons (Fsp3) is 0.333. The minimum Gasteiger partial charge on any atom is -0.323 e. The molecule has 35 heavy (non-hydrogen) atoms. The van der Waals surface area contributed by atoms with Crippen molar-refractivity contribution < 1.29 is 9.18 Å². The number of amides is 1. The topological polar surface area (TPSA) is 58.7 Å². The number of benzene rings is 2. The van der Waals surface area contributed by atoms with E-state index < -0.39 is 0 Å². The predicted octanol–water partition coefficient (Wildman–Crippen LogP) is 6.64. The van der Waals surface area contributed by atoms with Gasteiger partial charge in [0.05, 0.1) is 6.33 Å². The number of hydrogen-bond donors (Lipinski definition) is 1. The van der Waals surface area contributed by atoms with Gasteiger partial charge in [-0.2, -0.15) is 0 Å². The molecule has 184 valence electrons. The standard InChI is InChI=1S/C30H36FN3O/c1-4-8-23-9-11-24(12-10-23)25-13-15-27(16-14-25)34(21-29(32)22(3)5-2)30(35)28-19-26(28)20-33-18-7-6-17-31/h6-7,9-18,20,26,28-29H,3-5,8,19,21,32H2,1-2H3/b17-6+,18-7-,33-20+/t26-,28?,29+/m0/s1. The molecule has 0 saturated heterocycles. The monoisotopic (exact) mass is 473 g/mol. The van der Waals surface area contributed by atoms with Crippen molar-refractivity contribution in [3.8, 4) is 11.1 Å². The summed E-state index contributed by atoms with van der Waals surface area (Å²) in [6, 6.07) is 16.4. The average molecular weight is 474 g/mol. The molecular formula is C30H36FN3O. The quantitative estimate of drug-likeness (QED) is 0.213. The summed E-state index contributed by atoms with van der Waals surface area (Å²) >= 11 is 0. The van der Waals surface area contributed by atoms with Gasteiger partial charge in [-0.25, -0.2) is 4.39 Å². The van der Waals surface area contributed by atoms with Gasteiger partial charge in [-0.05, 0) is 60.2 Å². The first kappa shape index (κ1) is 26.3. The van der Waals surface area contributed by atoms with Gasteiger partial charge in [0.15, 0.2) is 0 Å². The highest BCUT2D eigenvalue weighted by atomic mass is 19.1. The second kappa shape index (κ2) is 13.0. The van der Waals surface area contributed by atoms with Crippen LogP contribution in [0.2, 0.25) is 0 Å². The second-order valence-electron chi connectivity index (χ2n) is 9.03. The Kier molecular flexibility index (Phi) is 9.74. The molecule has 1 fully saturated rings. The Bertz CT molecular complexity index is 1070. The number of hydrogen-bond acceptors (Lipinski definition) is 3. The van der Waals surface area contributed by atoms with Crippen molar-refractivity contribution in [1.82, 2.24) is 0 Å². The van der Waals surface area contributed by atoms with Crippen molar-refractivity contribution in [2.45, 2.75) is 45.6 Å². The van der Waals surface area contributed by atoms with E-state index in [2.05, 4.69) is 54.9 Å². The molecular weight excluding hydrogens is 437 g/mol. The fourth-order valence-electron chi connectivity index (χ4n) is 4.06. The number of aryl methyl sites for hydroxylation is 1. The van der Waals surface area contributed by atoms with Crippen LogP contribution in [0.1, 0.15) is 38.7 Å². The molecule has 4 nitrogen and oxygen atoms in total. The molecule has 1 aliphatic carbocycles. The van der Waals surface area contributed by atoms with Crippen LogP contribution >= 0.6 is 0 Å². The summed E-state index contributed by atoms with van der Waals surface area (Å²) in [6.07, 6.45) is 10.2. The van der Waals surface area contributed by atoms with Crippen LogP contribution < -0.4 is 10.6 Å². The van der Waals surface area contributed by atoms with Gasteiger partial charge in [-0.3, -0.25) is 9.79 Å². The highest BCUT2D eigenvalue weighted by molar-refractivity contribution is 5.99. The molecule has 1 amide bonds. The Balaban J connectivity index is 1.76. The first-order valence-electron chi connectivity index (χ1n) is 12.4. The predicted molar refractivity (Wildman–Crippen MR) is 145 cm³/mol. The van der Waals surface area contributed by atoms with Crippen LogP contribution in [0.15, 0.2) is 90.4 Å². The third-order valence-electron chi connectivity index (χ3n) is 6.42. The van der Waals surface area contributed by atoms with Crippen molar-refractivity contribution in [2.24, 2.45) is 22.6 Å². The van der Waals surface area contributed by atoms with Crippen LogP contribution in [-0.4, -0.2) is 24.7 Å². The molecule has 0 bridgehead atoms. The number of carbonyl (C=O) groups excluding carboxylic acids is 1. The molecule has 0 spiro atoms. The molecule has 3 atom stereocenters. The van der Waals surface area contributed by atoms with Gasteiger partial charge in [0.2, 0.25) is 5.91 Å². The Labute approximate surface area is 208 Å². The van der Waals surface area contributed by atoms with E-state index in [1.807, 2.05) is 19.1 Å². The summed E-state index contributed by atoms with van der Waals surface area (Å²) in [5.41, 5.74) is 11.7. The molecule has 5 heteroatoms. The molecule has 0 aromatic heterocycles. The lowest BCUT2D eigenvalue weighted by atomic mass is 10.0. The first-order chi connectivity index (χ1) is 17.0. The lowest BCUT2D eigenvalue weighted by Gasteiger charge is -2.27. The van der Waals surface area contributed by atoms with Crippen LogP contribution in [0.3, 0.4) is 0 Å². The summed E-state index contributed by atoms with van der Waals surface area (Å²) in [6.45, 7) is 8.66. The Morgan fingerprint density at radius 1 is 1.14 bits per heavy atom. The van der Waals surface area contributed by atoms with E-state index in [0.717, 1.165) is 48.1 Å². The zero-order chi connectivity index (χ0) is 25.2. The average Bonchev–Trinajstić information content (AvgIpc) is 3.66. The van der Waals surface area contributed by atoms with E-state index in [1.165, 1.54) is 23.9 Å². The SMILES string of the molecule is C=C(CC)[C@H](N)CN(C(=O)C1C[C@H]1/C=N/C=C\C=C\F)c1ccc(-c2ccc(CCC)cc2)cc1. The first-order valence-corrected chi connectivity index (χ1v) is 12.4. The number of aliphatic imine (C=N–C) groups is 1. The molecule has 1 aliphatic rings. The van der Waals surface area contributed by atoms with Crippen molar-refractivity contribution in [1.29, 1.82) is 0 Å². The minimum atomic E-state index is -0.295. The van der Waals surface area contributed by atoms with E-state index in [1.54, 1.807) is 11.1 Å². The summed E-state index contributed by atoms with van der Waals surface area (Å²) < 4.78 is 12.0. The smallest absolute Gasteiger partial charge is 0.230 e. The summed E-state index contributed by atoms with van der Waals surface area (Å²) in [4.78, 5) is 19.4.